The molecule has 0 aromatic heterocycles. The summed E-state index contributed by atoms with van der Waals surface area (Å²) in [5.74, 6) is 0.226. The van der Waals surface area contributed by atoms with Gasteiger partial charge in [-0.3, -0.25) is 4.31 Å². The van der Waals surface area contributed by atoms with Crippen LogP contribution in [-0.4, -0.2) is 41.3 Å². The third kappa shape index (κ3) is 5.02. The third-order valence-electron chi connectivity index (χ3n) is 5.61. The first-order chi connectivity index (χ1) is 16.4. The van der Waals surface area contributed by atoms with Crippen LogP contribution in [0.3, 0.4) is 0 Å². The van der Waals surface area contributed by atoms with Crippen molar-refractivity contribution in [2.45, 2.75) is 24.7 Å². The Balaban J connectivity index is 1.51. The molecule has 4 rings (SSSR count). The molecule has 34 heavy (non-hydrogen) atoms. The minimum atomic E-state index is -3.96. The van der Waals surface area contributed by atoms with Crippen LogP contribution in [0.4, 0.5) is 5.69 Å². The molecule has 8 heteroatoms. The lowest BCUT2D eigenvalue weighted by molar-refractivity contribution is 0.0450. The Kier molecular flexibility index (Phi) is 7.07. The van der Waals surface area contributed by atoms with Gasteiger partial charge in [-0.1, -0.05) is 30.3 Å². The number of ether oxygens (including phenoxy) is 3. The molecule has 0 unspecified atom stereocenters. The lowest BCUT2D eigenvalue weighted by Crippen LogP contribution is -2.35. The van der Waals surface area contributed by atoms with Crippen molar-refractivity contribution in [3.05, 3.63) is 83.4 Å². The van der Waals surface area contributed by atoms with Gasteiger partial charge in [0.05, 0.1) is 18.4 Å². The molecule has 0 aliphatic carbocycles. The Morgan fingerprint density at radius 3 is 2.62 bits per heavy atom. The van der Waals surface area contributed by atoms with Gasteiger partial charge in [0.15, 0.2) is 0 Å². The highest BCUT2D eigenvalue weighted by molar-refractivity contribution is 7.93. The summed E-state index contributed by atoms with van der Waals surface area (Å²) in [4.78, 5) is 12.6. The fraction of sp³-hybridized carbons (Fsp3) is 0.269. The second-order valence-corrected chi connectivity index (χ2v) is 9.81. The van der Waals surface area contributed by atoms with Crippen molar-refractivity contribution in [3.8, 4) is 11.5 Å². The molecule has 1 aliphatic rings. The van der Waals surface area contributed by atoms with Crippen LogP contribution in [-0.2, 0) is 21.2 Å². The normalized spacial score (nSPS) is 13.2. The summed E-state index contributed by atoms with van der Waals surface area (Å²) in [6, 6.07) is 19.3. The van der Waals surface area contributed by atoms with Crippen molar-refractivity contribution >= 4 is 21.7 Å². The van der Waals surface area contributed by atoms with Gasteiger partial charge < -0.3 is 14.2 Å². The number of carbonyl (C=O) groups excluding carboxylic acids is 1. The number of para-hydroxylation sites is 1. The van der Waals surface area contributed by atoms with Crippen molar-refractivity contribution in [2.24, 2.45) is 0 Å². The highest BCUT2D eigenvalue weighted by Gasteiger charge is 2.32. The summed E-state index contributed by atoms with van der Waals surface area (Å²) >= 11 is 0. The molecule has 0 saturated carbocycles. The van der Waals surface area contributed by atoms with Gasteiger partial charge in [-0.05, 0) is 67.3 Å². The quantitative estimate of drug-likeness (QED) is 0.351. The molecule has 1 aliphatic heterocycles. The van der Waals surface area contributed by atoms with E-state index in [9.17, 15) is 13.2 Å². The number of methoxy groups -OCH3 is 1. The van der Waals surface area contributed by atoms with Crippen LogP contribution in [0.1, 0.15) is 27.9 Å². The van der Waals surface area contributed by atoms with Crippen LogP contribution >= 0.6 is 0 Å². The molecule has 1 heterocycles. The molecule has 0 saturated heterocycles. The molecule has 0 N–H and O–H groups in total. The van der Waals surface area contributed by atoms with E-state index < -0.39 is 16.0 Å². The molecule has 0 radical (unpaired) electrons. The first-order valence-corrected chi connectivity index (χ1v) is 12.5. The zero-order valence-electron chi connectivity index (χ0n) is 19.2. The van der Waals surface area contributed by atoms with Gasteiger partial charge in [0.1, 0.15) is 29.6 Å². The van der Waals surface area contributed by atoms with E-state index in [4.69, 9.17) is 14.2 Å². The summed E-state index contributed by atoms with van der Waals surface area (Å²) in [5.41, 5.74) is 2.82. The van der Waals surface area contributed by atoms with Crippen molar-refractivity contribution in [1.29, 1.82) is 0 Å². The number of hydrogen-bond donors (Lipinski definition) is 0. The average Bonchev–Trinajstić information content (AvgIpc) is 2.85. The SMILES string of the molecule is COc1ccc(C(=O)OCCOc2cccc(C)c2)cc1S(=O)(=O)N1CCCc2ccccc21. The Morgan fingerprint density at radius 2 is 1.82 bits per heavy atom. The Morgan fingerprint density at radius 1 is 1.00 bits per heavy atom. The predicted molar refractivity (Wildman–Crippen MR) is 129 cm³/mol. The first kappa shape index (κ1) is 23.6. The maximum Gasteiger partial charge on any atom is 0.338 e. The molecule has 0 fully saturated rings. The van der Waals surface area contributed by atoms with Gasteiger partial charge in [-0.25, -0.2) is 13.2 Å². The van der Waals surface area contributed by atoms with Gasteiger partial charge in [-0.2, -0.15) is 0 Å². The van der Waals surface area contributed by atoms with Gasteiger partial charge in [0.25, 0.3) is 10.0 Å². The van der Waals surface area contributed by atoms with E-state index in [0.717, 1.165) is 17.5 Å². The van der Waals surface area contributed by atoms with E-state index in [2.05, 4.69) is 0 Å². The van der Waals surface area contributed by atoms with Gasteiger partial charge in [0.2, 0.25) is 0 Å². The molecular weight excluding hydrogens is 454 g/mol. The Bertz CT molecular complexity index is 1290. The van der Waals surface area contributed by atoms with Gasteiger partial charge in [0, 0.05) is 6.54 Å². The molecule has 7 nitrogen and oxygen atoms in total. The Hall–Kier alpha value is -3.52. The second-order valence-electron chi connectivity index (χ2n) is 7.98. The summed E-state index contributed by atoms with van der Waals surface area (Å²) < 4.78 is 44.9. The molecule has 3 aromatic carbocycles. The maximum atomic E-state index is 13.6. The zero-order valence-corrected chi connectivity index (χ0v) is 20.0. The summed E-state index contributed by atoms with van der Waals surface area (Å²) in [7, 11) is -2.56. The number of benzene rings is 3. The lowest BCUT2D eigenvalue weighted by atomic mass is 10.0. The number of nitrogens with zero attached hydrogens (tertiary/aromatic N) is 1. The molecule has 0 amide bonds. The zero-order chi connectivity index (χ0) is 24.1. The third-order valence-corrected chi connectivity index (χ3v) is 7.44. The van der Waals surface area contributed by atoms with E-state index >= 15 is 0 Å². The molecule has 178 valence electrons. The average molecular weight is 482 g/mol. The number of rotatable bonds is 8. The number of hydrogen-bond acceptors (Lipinski definition) is 6. The highest BCUT2D eigenvalue weighted by Crippen LogP contribution is 2.35. The highest BCUT2D eigenvalue weighted by atomic mass is 32.2. The van der Waals surface area contributed by atoms with Crippen molar-refractivity contribution in [2.75, 3.05) is 31.2 Å². The van der Waals surface area contributed by atoms with E-state index in [1.807, 2.05) is 49.4 Å². The smallest absolute Gasteiger partial charge is 0.338 e. The lowest BCUT2D eigenvalue weighted by Gasteiger charge is -2.30. The van der Waals surface area contributed by atoms with Gasteiger partial charge >= 0.3 is 5.97 Å². The monoisotopic (exact) mass is 481 g/mol. The van der Waals surface area contributed by atoms with Crippen LogP contribution in [0.25, 0.3) is 0 Å². The van der Waals surface area contributed by atoms with E-state index in [-0.39, 0.29) is 29.4 Å². The van der Waals surface area contributed by atoms with Crippen LogP contribution in [0.5, 0.6) is 11.5 Å². The first-order valence-electron chi connectivity index (χ1n) is 11.1. The summed E-state index contributed by atoms with van der Waals surface area (Å²) in [6.07, 6.45) is 1.53. The molecular formula is C26H27NO6S. The van der Waals surface area contributed by atoms with Crippen molar-refractivity contribution in [1.82, 2.24) is 0 Å². The van der Waals surface area contributed by atoms with E-state index in [0.29, 0.717) is 24.4 Å². The van der Waals surface area contributed by atoms with E-state index in [1.165, 1.54) is 29.6 Å². The summed E-state index contributed by atoms with van der Waals surface area (Å²) in [5, 5.41) is 0. The molecule has 0 atom stereocenters. The standard InChI is InChI=1S/C26H27NO6S/c1-19-7-5-10-22(17-19)32-15-16-33-26(28)21-12-13-24(31-2)25(18-21)34(29,30)27-14-6-9-20-8-3-4-11-23(20)27/h3-5,7-8,10-13,17-18H,6,9,14-16H2,1-2H3. The Labute approximate surface area is 199 Å². The van der Waals surface area contributed by atoms with E-state index in [1.54, 1.807) is 6.07 Å². The van der Waals surface area contributed by atoms with Crippen LogP contribution in [0.15, 0.2) is 71.6 Å². The fourth-order valence-electron chi connectivity index (χ4n) is 3.96. The molecule has 0 bridgehead atoms. The minimum Gasteiger partial charge on any atom is -0.495 e. The largest absolute Gasteiger partial charge is 0.495 e. The number of esters is 1. The minimum absolute atomic E-state index is 0.0282. The second kappa shape index (κ2) is 10.2. The number of aryl methyl sites for hydroxylation is 2. The number of sulfonamides is 1. The van der Waals surface area contributed by atoms with Gasteiger partial charge in [-0.15, -0.1) is 0 Å². The molecule has 3 aromatic rings. The number of fused-ring (bicyclic) bond motifs is 1. The van der Waals surface area contributed by atoms with Crippen LogP contribution in [0.2, 0.25) is 0 Å². The maximum absolute atomic E-state index is 13.6. The van der Waals surface area contributed by atoms with Crippen molar-refractivity contribution < 1.29 is 27.4 Å². The summed E-state index contributed by atoms with van der Waals surface area (Å²) in [6.45, 7) is 2.53. The number of carbonyl (C=O) groups is 1. The molecule has 0 spiro atoms. The fourth-order valence-corrected chi connectivity index (χ4v) is 5.68. The predicted octanol–water partition coefficient (Wildman–Crippen LogP) is 4.38. The number of anilines is 1. The topological polar surface area (TPSA) is 82.1 Å². The van der Waals surface area contributed by atoms with Crippen LogP contribution in [0, 0.1) is 6.92 Å². The van der Waals surface area contributed by atoms with Crippen molar-refractivity contribution in [3.63, 3.8) is 0 Å². The van der Waals surface area contributed by atoms with Crippen LogP contribution < -0.4 is 13.8 Å².